The van der Waals surface area contributed by atoms with E-state index in [1.165, 1.54) is 0 Å². The number of aryl methyl sites for hydroxylation is 1. The summed E-state index contributed by atoms with van der Waals surface area (Å²) in [5, 5.41) is 0.964. The lowest BCUT2D eigenvalue weighted by Gasteiger charge is -2.13. The van der Waals surface area contributed by atoms with E-state index in [1.54, 1.807) is 6.07 Å². The topological polar surface area (TPSA) is 39.4 Å². The second-order valence-corrected chi connectivity index (χ2v) is 5.77. The Kier molecular flexibility index (Phi) is 3.54. The van der Waals surface area contributed by atoms with Crippen LogP contribution in [0.2, 0.25) is 0 Å². The highest BCUT2D eigenvalue weighted by Crippen LogP contribution is 2.29. The summed E-state index contributed by atoms with van der Waals surface area (Å²) >= 11 is 0. The van der Waals surface area contributed by atoms with Crippen molar-refractivity contribution in [3.63, 3.8) is 0 Å². The van der Waals surface area contributed by atoms with E-state index in [-0.39, 0.29) is 5.63 Å². The van der Waals surface area contributed by atoms with Gasteiger partial charge in [0.25, 0.3) is 0 Å². The van der Waals surface area contributed by atoms with E-state index in [2.05, 4.69) is 6.58 Å². The van der Waals surface area contributed by atoms with Crippen LogP contribution in [-0.2, 0) is 6.42 Å². The van der Waals surface area contributed by atoms with Crippen LogP contribution in [0, 0.1) is 0 Å². The molecule has 4 rings (SSSR count). The monoisotopic (exact) mass is 316 g/mol. The highest BCUT2D eigenvalue weighted by molar-refractivity contribution is 5.85. The maximum absolute atomic E-state index is 12.2. The van der Waals surface area contributed by atoms with Gasteiger partial charge in [-0.1, -0.05) is 49.1 Å². The first-order valence-electron chi connectivity index (χ1n) is 7.91. The number of hydrogen-bond acceptors (Lipinski definition) is 3. The minimum Gasteiger partial charge on any atom is -0.457 e. The maximum Gasteiger partial charge on any atom is 0.343 e. The van der Waals surface area contributed by atoms with E-state index in [4.69, 9.17) is 9.15 Å². The summed E-state index contributed by atoms with van der Waals surface area (Å²) in [6.07, 6.45) is 5.65. The molecule has 1 aromatic heterocycles. The van der Waals surface area contributed by atoms with Gasteiger partial charge in [-0.25, -0.2) is 4.79 Å². The number of rotatable bonds is 3. The summed E-state index contributed by atoms with van der Waals surface area (Å²) in [4.78, 5) is 12.2. The molecule has 0 saturated heterocycles. The lowest BCUT2D eigenvalue weighted by atomic mass is 9.95. The van der Waals surface area contributed by atoms with Crippen molar-refractivity contribution in [3.05, 3.63) is 88.3 Å². The quantitative estimate of drug-likeness (QED) is 0.514. The van der Waals surface area contributed by atoms with Crippen LogP contribution in [0.4, 0.5) is 0 Å². The molecule has 1 aliphatic carbocycles. The van der Waals surface area contributed by atoms with Crippen LogP contribution in [0.3, 0.4) is 0 Å². The van der Waals surface area contributed by atoms with Crippen LogP contribution in [-0.4, -0.2) is 0 Å². The number of hydrogen-bond donors (Lipinski definition) is 0. The third-order valence-electron chi connectivity index (χ3n) is 4.21. The zero-order valence-corrected chi connectivity index (χ0v) is 13.1. The SMILES string of the molecule is C=C(Oc1ccc2c3c(c(=O)oc2c1)C=CCC3)c1ccccc1. The molecule has 0 atom stereocenters. The van der Waals surface area contributed by atoms with Crippen molar-refractivity contribution in [1.29, 1.82) is 0 Å². The first-order chi connectivity index (χ1) is 11.7. The summed E-state index contributed by atoms with van der Waals surface area (Å²) in [6, 6.07) is 15.3. The molecule has 3 aromatic rings. The molecule has 1 heterocycles. The van der Waals surface area contributed by atoms with Crippen molar-refractivity contribution in [2.75, 3.05) is 0 Å². The fraction of sp³-hybridized carbons (Fsp3) is 0.0952. The number of allylic oxidation sites excluding steroid dienone is 1. The Morgan fingerprint density at radius 2 is 1.96 bits per heavy atom. The van der Waals surface area contributed by atoms with Gasteiger partial charge in [0, 0.05) is 17.0 Å². The van der Waals surface area contributed by atoms with Crippen LogP contribution in [0.25, 0.3) is 22.8 Å². The van der Waals surface area contributed by atoms with Crippen molar-refractivity contribution >= 4 is 22.8 Å². The molecule has 0 fully saturated rings. The number of benzene rings is 2. The Morgan fingerprint density at radius 3 is 2.79 bits per heavy atom. The molecule has 2 aromatic carbocycles. The van der Waals surface area contributed by atoms with Crippen LogP contribution in [0.1, 0.15) is 23.1 Å². The van der Waals surface area contributed by atoms with Crippen molar-refractivity contribution < 1.29 is 9.15 Å². The third-order valence-corrected chi connectivity index (χ3v) is 4.21. The van der Waals surface area contributed by atoms with E-state index < -0.39 is 0 Å². The predicted molar refractivity (Wildman–Crippen MR) is 95.9 cm³/mol. The van der Waals surface area contributed by atoms with Crippen LogP contribution in [0.15, 0.2) is 70.4 Å². The van der Waals surface area contributed by atoms with E-state index in [1.807, 2.05) is 54.6 Å². The molecule has 0 saturated carbocycles. The van der Waals surface area contributed by atoms with Gasteiger partial charge in [0.15, 0.2) is 0 Å². The zero-order valence-electron chi connectivity index (χ0n) is 13.1. The molecule has 0 amide bonds. The summed E-state index contributed by atoms with van der Waals surface area (Å²) in [6.45, 7) is 3.96. The Balaban J connectivity index is 1.73. The number of ether oxygens (including phenoxy) is 1. The first kappa shape index (κ1) is 14.5. The minimum atomic E-state index is -0.299. The zero-order chi connectivity index (χ0) is 16.5. The smallest absolute Gasteiger partial charge is 0.343 e. The highest BCUT2D eigenvalue weighted by Gasteiger charge is 2.15. The Morgan fingerprint density at radius 1 is 1.12 bits per heavy atom. The molecule has 0 unspecified atom stereocenters. The van der Waals surface area contributed by atoms with Gasteiger partial charge in [-0.2, -0.15) is 0 Å². The van der Waals surface area contributed by atoms with Crippen molar-refractivity contribution in [1.82, 2.24) is 0 Å². The molecule has 0 N–H and O–H groups in total. The fourth-order valence-corrected chi connectivity index (χ4v) is 3.02. The lowest BCUT2D eigenvalue weighted by molar-refractivity contribution is 0.511. The molecule has 0 radical (unpaired) electrons. The Hall–Kier alpha value is -3.07. The summed E-state index contributed by atoms with van der Waals surface area (Å²) < 4.78 is 11.3. The van der Waals surface area contributed by atoms with Crippen LogP contribution in [0.5, 0.6) is 5.75 Å². The molecule has 3 nitrogen and oxygen atoms in total. The van der Waals surface area contributed by atoms with Gasteiger partial charge in [0.2, 0.25) is 0 Å². The number of fused-ring (bicyclic) bond motifs is 3. The Bertz CT molecular complexity index is 1010. The molecular weight excluding hydrogens is 300 g/mol. The lowest BCUT2D eigenvalue weighted by Crippen LogP contribution is -2.10. The van der Waals surface area contributed by atoms with E-state index >= 15 is 0 Å². The van der Waals surface area contributed by atoms with Crippen LogP contribution < -0.4 is 10.4 Å². The van der Waals surface area contributed by atoms with Crippen molar-refractivity contribution in [2.45, 2.75) is 12.8 Å². The van der Waals surface area contributed by atoms with E-state index in [0.717, 1.165) is 29.4 Å². The third kappa shape index (κ3) is 2.54. The van der Waals surface area contributed by atoms with Gasteiger partial charge in [-0.3, -0.25) is 0 Å². The predicted octanol–water partition coefficient (Wildman–Crippen LogP) is 4.80. The molecule has 24 heavy (non-hydrogen) atoms. The molecular formula is C21H16O3. The maximum atomic E-state index is 12.2. The summed E-state index contributed by atoms with van der Waals surface area (Å²) in [5.41, 5.74) is 2.88. The van der Waals surface area contributed by atoms with Gasteiger partial charge < -0.3 is 9.15 Å². The normalized spacial score (nSPS) is 12.8. The average Bonchev–Trinajstić information content (AvgIpc) is 2.62. The largest absolute Gasteiger partial charge is 0.457 e. The molecule has 118 valence electrons. The van der Waals surface area contributed by atoms with Gasteiger partial charge in [0.1, 0.15) is 17.1 Å². The summed E-state index contributed by atoms with van der Waals surface area (Å²) in [5.74, 6) is 1.16. The molecule has 1 aliphatic rings. The highest BCUT2D eigenvalue weighted by atomic mass is 16.5. The van der Waals surface area contributed by atoms with E-state index in [0.29, 0.717) is 22.7 Å². The van der Waals surface area contributed by atoms with Crippen molar-refractivity contribution in [2.24, 2.45) is 0 Å². The average molecular weight is 316 g/mol. The summed E-state index contributed by atoms with van der Waals surface area (Å²) in [7, 11) is 0. The van der Waals surface area contributed by atoms with Crippen molar-refractivity contribution in [3.8, 4) is 5.75 Å². The fourth-order valence-electron chi connectivity index (χ4n) is 3.02. The molecule has 3 heteroatoms. The second-order valence-electron chi connectivity index (χ2n) is 5.77. The second kappa shape index (κ2) is 5.85. The molecule has 0 aliphatic heterocycles. The van der Waals surface area contributed by atoms with Gasteiger partial charge in [-0.05, 0) is 30.5 Å². The van der Waals surface area contributed by atoms with E-state index in [9.17, 15) is 4.79 Å². The van der Waals surface area contributed by atoms with Gasteiger partial charge in [0.05, 0.1) is 5.56 Å². The standard InChI is InChI=1S/C21H16O3/c1-14(15-7-3-2-4-8-15)23-16-11-12-18-17-9-5-6-10-19(17)21(22)24-20(18)13-16/h2-4,6-8,10-13H,1,5,9H2. The Labute approximate surface area is 139 Å². The minimum absolute atomic E-state index is 0.299. The molecule has 0 spiro atoms. The van der Waals surface area contributed by atoms with Crippen LogP contribution >= 0.6 is 0 Å². The van der Waals surface area contributed by atoms with Gasteiger partial charge >= 0.3 is 5.63 Å². The molecule has 0 bridgehead atoms. The van der Waals surface area contributed by atoms with Gasteiger partial charge in [-0.15, -0.1) is 0 Å². The first-order valence-corrected chi connectivity index (χ1v) is 7.91.